The summed E-state index contributed by atoms with van der Waals surface area (Å²) >= 11 is 5.63. The Kier molecular flexibility index (Phi) is 4.06. The van der Waals surface area contributed by atoms with E-state index in [0.717, 1.165) is 12.1 Å². The molecule has 4 nitrogen and oxygen atoms in total. The summed E-state index contributed by atoms with van der Waals surface area (Å²) in [5.41, 5.74) is 0. The Morgan fingerprint density at radius 3 is 2.56 bits per heavy atom. The van der Waals surface area contributed by atoms with Gasteiger partial charge >= 0.3 is 6.61 Å². The number of hydrogen-bond acceptors (Lipinski definition) is 3. The van der Waals surface area contributed by atoms with Crippen LogP contribution >= 0.6 is 11.6 Å². The minimum Gasteiger partial charge on any atom is -0.435 e. The Morgan fingerprint density at radius 2 is 2.06 bits per heavy atom. The molecule has 0 saturated heterocycles. The van der Waals surface area contributed by atoms with Gasteiger partial charge in [-0.1, -0.05) is 11.6 Å². The van der Waals surface area contributed by atoms with Gasteiger partial charge in [-0.25, -0.2) is 13.1 Å². The smallest absolute Gasteiger partial charge is 0.387 e. The SMILES string of the molecule is CNS(=O)(=O)c1cc(OC(F)F)ccc1Cl. The summed E-state index contributed by atoms with van der Waals surface area (Å²) in [4.78, 5) is -0.310. The van der Waals surface area contributed by atoms with Gasteiger partial charge in [-0.2, -0.15) is 8.78 Å². The summed E-state index contributed by atoms with van der Waals surface area (Å²) in [5.74, 6) is -0.270. The number of hydrogen-bond donors (Lipinski definition) is 1. The standard InChI is InChI=1S/C8H8ClF2NO3S/c1-12-16(13,14)7-4-5(15-8(10)11)2-3-6(7)9/h2-4,8,12H,1H3. The molecule has 0 aliphatic rings. The van der Waals surface area contributed by atoms with Crippen molar-refractivity contribution in [2.45, 2.75) is 11.5 Å². The van der Waals surface area contributed by atoms with E-state index in [2.05, 4.69) is 4.74 Å². The lowest BCUT2D eigenvalue weighted by atomic mass is 10.3. The molecule has 1 N–H and O–H groups in total. The van der Waals surface area contributed by atoms with Gasteiger partial charge in [0.2, 0.25) is 10.0 Å². The second kappa shape index (κ2) is 4.94. The number of nitrogens with one attached hydrogen (secondary N) is 1. The van der Waals surface area contributed by atoms with E-state index in [-0.39, 0.29) is 15.7 Å². The summed E-state index contributed by atoms with van der Waals surface area (Å²) in [5, 5.41) is -0.0732. The third kappa shape index (κ3) is 3.03. The lowest BCUT2D eigenvalue weighted by Gasteiger charge is -2.08. The highest BCUT2D eigenvalue weighted by atomic mass is 35.5. The Labute approximate surface area is 96.2 Å². The molecule has 0 aromatic heterocycles. The van der Waals surface area contributed by atoms with Gasteiger partial charge in [-0.3, -0.25) is 0 Å². The quantitative estimate of drug-likeness (QED) is 0.909. The van der Waals surface area contributed by atoms with Crippen LogP contribution in [-0.4, -0.2) is 22.1 Å². The number of alkyl halides is 2. The fourth-order valence-electron chi connectivity index (χ4n) is 0.976. The van der Waals surface area contributed by atoms with Gasteiger partial charge in [0.15, 0.2) is 0 Å². The predicted octanol–water partition coefficient (Wildman–Crippen LogP) is 1.85. The first-order valence-electron chi connectivity index (χ1n) is 4.04. The van der Waals surface area contributed by atoms with Crippen LogP contribution in [0.15, 0.2) is 23.1 Å². The average Bonchev–Trinajstić information content (AvgIpc) is 2.20. The number of rotatable bonds is 4. The Morgan fingerprint density at radius 1 is 1.44 bits per heavy atom. The molecule has 0 aliphatic carbocycles. The van der Waals surface area contributed by atoms with E-state index in [1.807, 2.05) is 4.72 Å². The van der Waals surface area contributed by atoms with Crippen LogP contribution < -0.4 is 9.46 Å². The lowest BCUT2D eigenvalue weighted by Crippen LogP contribution is -2.19. The predicted molar refractivity (Wildman–Crippen MR) is 54.3 cm³/mol. The second-order valence-electron chi connectivity index (χ2n) is 2.68. The molecular formula is C8H8ClF2NO3S. The van der Waals surface area contributed by atoms with E-state index < -0.39 is 16.6 Å². The maximum absolute atomic E-state index is 11.9. The number of sulfonamides is 1. The van der Waals surface area contributed by atoms with E-state index in [9.17, 15) is 17.2 Å². The molecule has 1 aromatic rings. The Hall–Kier alpha value is -0.920. The monoisotopic (exact) mass is 271 g/mol. The minimum atomic E-state index is -3.79. The highest BCUT2D eigenvalue weighted by molar-refractivity contribution is 7.89. The Balaban J connectivity index is 3.19. The molecule has 1 rings (SSSR count). The molecule has 0 heterocycles. The van der Waals surface area contributed by atoms with Crippen LogP contribution in [0.1, 0.15) is 0 Å². The Bertz CT molecular complexity index is 478. The normalized spacial score (nSPS) is 11.8. The molecule has 0 spiro atoms. The van der Waals surface area contributed by atoms with Crippen molar-refractivity contribution in [2.75, 3.05) is 7.05 Å². The van der Waals surface area contributed by atoms with Crippen molar-refractivity contribution < 1.29 is 21.9 Å². The van der Waals surface area contributed by atoms with Crippen LogP contribution in [0.2, 0.25) is 5.02 Å². The molecule has 0 unspecified atom stereocenters. The fraction of sp³-hybridized carbons (Fsp3) is 0.250. The van der Waals surface area contributed by atoms with Crippen molar-refractivity contribution >= 4 is 21.6 Å². The maximum atomic E-state index is 11.9. The molecule has 0 radical (unpaired) electrons. The van der Waals surface area contributed by atoms with Crippen molar-refractivity contribution in [3.63, 3.8) is 0 Å². The van der Waals surface area contributed by atoms with E-state index in [1.54, 1.807) is 0 Å². The molecule has 0 fully saturated rings. The summed E-state index contributed by atoms with van der Waals surface area (Å²) in [6, 6.07) is 3.26. The molecule has 0 atom stereocenters. The molecule has 90 valence electrons. The molecule has 16 heavy (non-hydrogen) atoms. The van der Waals surface area contributed by atoms with Crippen molar-refractivity contribution in [2.24, 2.45) is 0 Å². The van der Waals surface area contributed by atoms with Crippen molar-refractivity contribution in [3.05, 3.63) is 23.2 Å². The summed E-state index contributed by atoms with van der Waals surface area (Å²) in [6.07, 6.45) is 0. The topological polar surface area (TPSA) is 55.4 Å². The van der Waals surface area contributed by atoms with Crippen LogP contribution in [0.25, 0.3) is 0 Å². The van der Waals surface area contributed by atoms with Crippen LogP contribution in [0.5, 0.6) is 5.75 Å². The molecule has 0 saturated carbocycles. The molecular weight excluding hydrogens is 264 g/mol. The van der Waals surface area contributed by atoms with E-state index >= 15 is 0 Å². The van der Waals surface area contributed by atoms with Gasteiger partial charge in [-0.15, -0.1) is 0 Å². The summed E-state index contributed by atoms with van der Waals surface area (Å²) in [7, 11) is -2.61. The van der Waals surface area contributed by atoms with E-state index in [1.165, 1.54) is 13.1 Å². The summed E-state index contributed by atoms with van der Waals surface area (Å²) in [6.45, 7) is -3.02. The van der Waals surface area contributed by atoms with Crippen LogP contribution in [-0.2, 0) is 10.0 Å². The lowest BCUT2D eigenvalue weighted by molar-refractivity contribution is -0.0499. The van der Waals surface area contributed by atoms with Gasteiger partial charge in [-0.05, 0) is 19.2 Å². The number of halogens is 3. The van der Waals surface area contributed by atoms with Crippen LogP contribution in [0.3, 0.4) is 0 Å². The van der Waals surface area contributed by atoms with Gasteiger partial charge in [0.1, 0.15) is 10.6 Å². The second-order valence-corrected chi connectivity index (χ2v) is 4.94. The van der Waals surface area contributed by atoms with Gasteiger partial charge in [0.05, 0.1) is 5.02 Å². The minimum absolute atomic E-state index is 0.0732. The third-order valence-corrected chi connectivity index (χ3v) is 3.58. The molecule has 0 aliphatic heterocycles. The molecule has 8 heteroatoms. The van der Waals surface area contributed by atoms with E-state index in [0.29, 0.717) is 0 Å². The van der Waals surface area contributed by atoms with Crippen molar-refractivity contribution in [1.82, 2.24) is 4.72 Å². The summed E-state index contributed by atoms with van der Waals surface area (Å²) < 4.78 is 52.8. The van der Waals surface area contributed by atoms with E-state index in [4.69, 9.17) is 11.6 Å². The first-order chi connectivity index (χ1) is 7.36. The number of ether oxygens (including phenoxy) is 1. The largest absolute Gasteiger partial charge is 0.435 e. The van der Waals surface area contributed by atoms with Crippen LogP contribution in [0.4, 0.5) is 8.78 Å². The van der Waals surface area contributed by atoms with Crippen molar-refractivity contribution in [1.29, 1.82) is 0 Å². The first kappa shape index (κ1) is 13.1. The number of benzene rings is 1. The van der Waals surface area contributed by atoms with Crippen LogP contribution in [0, 0.1) is 0 Å². The zero-order chi connectivity index (χ0) is 12.3. The van der Waals surface area contributed by atoms with Crippen molar-refractivity contribution in [3.8, 4) is 5.75 Å². The highest BCUT2D eigenvalue weighted by Crippen LogP contribution is 2.26. The maximum Gasteiger partial charge on any atom is 0.387 e. The average molecular weight is 272 g/mol. The van der Waals surface area contributed by atoms with Gasteiger partial charge < -0.3 is 4.74 Å². The third-order valence-electron chi connectivity index (χ3n) is 1.69. The molecule has 1 aromatic carbocycles. The first-order valence-corrected chi connectivity index (χ1v) is 5.91. The molecule has 0 amide bonds. The fourth-order valence-corrected chi connectivity index (χ4v) is 2.21. The highest BCUT2D eigenvalue weighted by Gasteiger charge is 2.17. The van der Waals surface area contributed by atoms with Gasteiger partial charge in [0.25, 0.3) is 0 Å². The van der Waals surface area contributed by atoms with Gasteiger partial charge in [0, 0.05) is 6.07 Å². The zero-order valence-electron chi connectivity index (χ0n) is 8.08. The zero-order valence-corrected chi connectivity index (χ0v) is 9.65. The molecule has 0 bridgehead atoms.